The monoisotopic (exact) mass is 341 g/mol. The van der Waals surface area contributed by atoms with Gasteiger partial charge in [0, 0.05) is 23.0 Å². The van der Waals surface area contributed by atoms with Crippen LogP contribution in [0.1, 0.15) is 40.6 Å². The topological polar surface area (TPSA) is 63.5 Å². The van der Waals surface area contributed by atoms with E-state index in [1.165, 1.54) is 27.5 Å². The smallest absolute Gasteiger partial charge is 0.271 e. The Morgan fingerprint density at radius 3 is 2.75 bits per heavy atom. The summed E-state index contributed by atoms with van der Waals surface area (Å²) in [5.74, 6) is -0.438. The largest absolute Gasteiger partial charge is 0.322 e. The third kappa shape index (κ3) is 3.38. The SMILES string of the molecule is CCCCc1ccc(NC(=O)c2cnc3sc(C)cn3c2=O)cc1. The Labute approximate surface area is 144 Å². The van der Waals surface area contributed by atoms with Gasteiger partial charge in [0.2, 0.25) is 0 Å². The van der Waals surface area contributed by atoms with Crippen molar-refractivity contribution < 1.29 is 4.79 Å². The van der Waals surface area contributed by atoms with Gasteiger partial charge in [0.05, 0.1) is 0 Å². The van der Waals surface area contributed by atoms with Crippen LogP contribution in [0.25, 0.3) is 4.96 Å². The summed E-state index contributed by atoms with van der Waals surface area (Å²) >= 11 is 1.42. The molecule has 6 heteroatoms. The van der Waals surface area contributed by atoms with Gasteiger partial charge in [-0.25, -0.2) is 4.98 Å². The number of hydrogen-bond donors (Lipinski definition) is 1. The standard InChI is InChI=1S/C18H19N3O2S/c1-3-4-5-13-6-8-14(9-7-13)20-16(22)15-10-19-18-21(17(15)23)11-12(2)24-18/h6-11H,3-5H2,1-2H3,(H,20,22). The fraction of sp³-hybridized carbons (Fsp3) is 0.278. The molecule has 1 aromatic carbocycles. The maximum atomic E-state index is 12.4. The number of anilines is 1. The molecule has 0 radical (unpaired) electrons. The van der Waals surface area contributed by atoms with Gasteiger partial charge in [-0.3, -0.25) is 14.0 Å². The van der Waals surface area contributed by atoms with Crippen LogP contribution >= 0.6 is 11.3 Å². The van der Waals surface area contributed by atoms with Gasteiger partial charge in [-0.05, 0) is 37.5 Å². The molecule has 3 rings (SSSR count). The number of hydrogen-bond acceptors (Lipinski definition) is 4. The van der Waals surface area contributed by atoms with Crippen molar-refractivity contribution in [2.45, 2.75) is 33.1 Å². The Balaban J connectivity index is 1.79. The maximum Gasteiger partial charge on any atom is 0.271 e. The van der Waals surface area contributed by atoms with E-state index >= 15 is 0 Å². The number of unbranched alkanes of at least 4 members (excludes halogenated alkanes) is 1. The Kier molecular flexibility index (Phi) is 4.76. The van der Waals surface area contributed by atoms with Gasteiger partial charge in [0.15, 0.2) is 4.96 Å². The van der Waals surface area contributed by atoms with E-state index in [1.807, 2.05) is 31.2 Å². The number of aryl methyl sites for hydroxylation is 2. The lowest BCUT2D eigenvalue weighted by molar-refractivity contribution is 0.102. The van der Waals surface area contributed by atoms with Crippen LogP contribution in [0.15, 0.2) is 41.5 Å². The van der Waals surface area contributed by atoms with E-state index < -0.39 is 5.91 Å². The van der Waals surface area contributed by atoms with Gasteiger partial charge in [-0.1, -0.05) is 25.5 Å². The second-order valence-corrected chi connectivity index (χ2v) is 6.94. The number of benzene rings is 1. The predicted molar refractivity (Wildman–Crippen MR) is 97.1 cm³/mol. The van der Waals surface area contributed by atoms with E-state index in [9.17, 15) is 9.59 Å². The molecule has 124 valence electrons. The first-order chi connectivity index (χ1) is 11.6. The summed E-state index contributed by atoms with van der Waals surface area (Å²) in [4.78, 5) is 30.6. The van der Waals surface area contributed by atoms with Gasteiger partial charge in [-0.15, -0.1) is 11.3 Å². The molecule has 1 amide bonds. The summed E-state index contributed by atoms with van der Waals surface area (Å²) in [7, 11) is 0. The summed E-state index contributed by atoms with van der Waals surface area (Å²) in [6.07, 6.45) is 6.38. The number of carbonyl (C=O) groups is 1. The van der Waals surface area contributed by atoms with Gasteiger partial charge in [0.25, 0.3) is 11.5 Å². The normalized spacial score (nSPS) is 10.9. The lowest BCUT2D eigenvalue weighted by Crippen LogP contribution is -2.25. The molecular weight excluding hydrogens is 322 g/mol. The second-order valence-electron chi connectivity index (χ2n) is 5.73. The predicted octanol–water partition coefficient (Wildman–Crippen LogP) is 3.66. The highest BCUT2D eigenvalue weighted by Crippen LogP contribution is 2.14. The highest BCUT2D eigenvalue weighted by molar-refractivity contribution is 7.16. The average molecular weight is 341 g/mol. The van der Waals surface area contributed by atoms with Gasteiger partial charge in [-0.2, -0.15) is 0 Å². The molecule has 2 aromatic heterocycles. The van der Waals surface area contributed by atoms with Crippen molar-refractivity contribution in [1.29, 1.82) is 0 Å². The van der Waals surface area contributed by atoms with E-state index in [4.69, 9.17) is 0 Å². The molecule has 5 nitrogen and oxygen atoms in total. The highest BCUT2D eigenvalue weighted by Gasteiger charge is 2.14. The molecule has 0 spiro atoms. The molecule has 2 heterocycles. The molecule has 0 aliphatic rings. The number of nitrogens with one attached hydrogen (secondary N) is 1. The third-order valence-corrected chi connectivity index (χ3v) is 4.71. The van der Waals surface area contributed by atoms with E-state index in [1.54, 1.807) is 6.20 Å². The van der Waals surface area contributed by atoms with Crippen LogP contribution in [0, 0.1) is 6.92 Å². The van der Waals surface area contributed by atoms with E-state index in [2.05, 4.69) is 17.2 Å². The van der Waals surface area contributed by atoms with Crippen LogP contribution in [0.5, 0.6) is 0 Å². The summed E-state index contributed by atoms with van der Waals surface area (Å²) in [5.41, 5.74) is 1.61. The van der Waals surface area contributed by atoms with E-state index in [0.29, 0.717) is 10.6 Å². The van der Waals surface area contributed by atoms with E-state index in [0.717, 1.165) is 24.1 Å². The van der Waals surface area contributed by atoms with Crippen molar-refractivity contribution >= 4 is 27.9 Å². The van der Waals surface area contributed by atoms with Crippen LogP contribution in [0.4, 0.5) is 5.69 Å². The zero-order valence-corrected chi connectivity index (χ0v) is 14.5. The molecule has 1 N–H and O–H groups in total. The molecule has 0 saturated heterocycles. The number of aromatic nitrogens is 2. The summed E-state index contributed by atoms with van der Waals surface area (Å²) in [6.45, 7) is 4.06. The zero-order valence-electron chi connectivity index (χ0n) is 13.7. The summed E-state index contributed by atoms with van der Waals surface area (Å²) < 4.78 is 1.42. The Morgan fingerprint density at radius 2 is 2.04 bits per heavy atom. The van der Waals surface area contributed by atoms with Crippen molar-refractivity contribution in [3.8, 4) is 0 Å². The van der Waals surface area contributed by atoms with Crippen molar-refractivity contribution in [2.75, 3.05) is 5.32 Å². The van der Waals surface area contributed by atoms with Gasteiger partial charge < -0.3 is 5.32 Å². The summed E-state index contributed by atoms with van der Waals surface area (Å²) in [5, 5.41) is 2.76. The van der Waals surface area contributed by atoms with Crippen LogP contribution in [-0.2, 0) is 6.42 Å². The second kappa shape index (κ2) is 6.97. The molecule has 0 aliphatic heterocycles. The maximum absolute atomic E-state index is 12.4. The number of carbonyl (C=O) groups excluding carboxylic acids is 1. The number of thiazole rings is 1. The lowest BCUT2D eigenvalue weighted by atomic mass is 10.1. The Hall–Kier alpha value is -2.47. The zero-order chi connectivity index (χ0) is 17.1. The van der Waals surface area contributed by atoms with Crippen molar-refractivity contribution in [3.63, 3.8) is 0 Å². The number of nitrogens with zero attached hydrogens (tertiary/aromatic N) is 2. The molecule has 3 aromatic rings. The minimum Gasteiger partial charge on any atom is -0.322 e. The molecule has 0 bridgehead atoms. The first-order valence-electron chi connectivity index (χ1n) is 7.96. The van der Waals surface area contributed by atoms with Crippen LogP contribution in [0.2, 0.25) is 0 Å². The number of amides is 1. The Morgan fingerprint density at radius 1 is 1.29 bits per heavy atom. The molecule has 0 unspecified atom stereocenters. The third-order valence-electron chi connectivity index (χ3n) is 3.80. The fourth-order valence-electron chi connectivity index (χ4n) is 2.49. The Bertz CT molecular complexity index is 926. The average Bonchev–Trinajstić information content (AvgIpc) is 2.96. The quantitative estimate of drug-likeness (QED) is 0.770. The lowest BCUT2D eigenvalue weighted by Gasteiger charge is -2.06. The molecule has 0 aliphatic carbocycles. The van der Waals surface area contributed by atoms with Crippen LogP contribution in [-0.4, -0.2) is 15.3 Å². The minimum atomic E-state index is -0.438. The van der Waals surface area contributed by atoms with Gasteiger partial charge in [0.1, 0.15) is 5.56 Å². The highest BCUT2D eigenvalue weighted by atomic mass is 32.1. The van der Waals surface area contributed by atoms with Crippen molar-refractivity contribution in [3.05, 3.63) is 63.0 Å². The van der Waals surface area contributed by atoms with Gasteiger partial charge >= 0.3 is 0 Å². The summed E-state index contributed by atoms with van der Waals surface area (Å²) in [6, 6.07) is 7.73. The van der Waals surface area contributed by atoms with Crippen molar-refractivity contribution in [2.24, 2.45) is 0 Å². The molecule has 24 heavy (non-hydrogen) atoms. The first kappa shape index (κ1) is 16.4. The molecular formula is C18H19N3O2S. The number of fused-ring (bicyclic) bond motifs is 1. The first-order valence-corrected chi connectivity index (χ1v) is 8.78. The molecule has 0 atom stereocenters. The van der Waals surface area contributed by atoms with Crippen LogP contribution < -0.4 is 10.9 Å². The molecule has 0 fully saturated rings. The minimum absolute atomic E-state index is 0.0420. The van der Waals surface area contributed by atoms with Crippen LogP contribution in [0.3, 0.4) is 0 Å². The number of rotatable bonds is 5. The molecule has 0 saturated carbocycles. The van der Waals surface area contributed by atoms with E-state index in [-0.39, 0.29) is 11.1 Å². The fourth-order valence-corrected chi connectivity index (χ4v) is 3.27. The van der Waals surface area contributed by atoms with Crippen molar-refractivity contribution in [1.82, 2.24) is 9.38 Å².